The minimum absolute atomic E-state index is 0. The van der Waals surface area contributed by atoms with E-state index in [2.05, 4.69) is 15.0 Å². The molecule has 0 fully saturated rings. The van der Waals surface area contributed by atoms with Crippen molar-refractivity contribution in [1.29, 1.82) is 0 Å². The zero-order valence-electron chi connectivity index (χ0n) is 11.8. The third kappa shape index (κ3) is 7.90. The molecule has 0 aromatic heterocycles. The second-order valence-corrected chi connectivity index (χ2v) is 4.19. The molecule has 22 heavy (non-hydrogen) atoms. The number of benzene rings is 1. The number of carbonyl (C=O) groups excluding carboxylic acids is 1. The van der Waals surface area contributed by atoms with Gasteiger partial charge in [0.25, 0.3) is 0 Å². The van der Waals surface area contributed by atoms with Crippen molar-refractivity contribution in [3.63, 3.8) is 0 Å². The summed E-state index contributed by atoms with van der Waals surface area (Å²) in [4.78, 5) is 16.5. The second kappa shape index (κ2) is 8.66. The van der Waals surface area contributed by atoms with Gasteiger partial charge in [0, 0.05) is 19.8 Å². The highest BCUT2D eigenvalue weighted by molar-refractivity contribution is 14.0. The third-order valence-electron chi connectivity index (χ3n) is 2.24. The number of aliphatic imine (C=N–C) groups is 1. The summed E-state index contributed by atoms with van der Waals surface area (Å²) in [5.74, 6) is -0.588. The Morgan fingerprint density at radius 3 is 2.32 bits per heavy atom. The smallest absolute Gasteiger partial charge is 0.406 e. The van der Waals surface area contributed by atoms with Gasteiger partial charge < -0.3 is 20.7 Å². The Morgan fingerprint density at radius 2 is 1.86 bits per heavy atom. The van der Waals surface area contributed by atoms with E-state index in [4.69, 9.17) is 5.73 Å². The highest BCUT2D eigenvalue weighted by Gasteiger charge is 2.30. The molecule has 0 atom stereocenters. The maximum Gasteiger partial charge on any atom is 0.573 e. The quantitative estimate of drug-likeness (QED) is 0.434. The van der Waals surface area contributed by atoms with Crippen LogP contribution < -0.4 is 15.8 Å². The van der Waals surface area contributed by atoms with Crippen molar-refractivity contribution >= 4 is 41.5 Å². The fourth-order valence-corrected chi connectivity index (χ4v) is 1.22. The lowest BCUT2D eigenvalue weighted by Crippen LogP contribution is -2.28. The Kier molecular flexibility index (Phi) is 7.98. The number of hydrogen-bond acceptors (Lipinski definition) is 3. The molecule has 1 amide bonds. The Balaban J connectivity index is 0.00000441. The Morgan fingerprint density at radius 1 is 1.32 bits per heavy atom. The summed E-state index contributed by atoms with van der Waals surface area (Å²) in [5.41, 5.74) is 5.97. The van der Waals surface area contributed by atoms with Gasteiger partial charge in [-0.3, -0.25) is 4.79 Å². The van der Waals surface area contributed by atoms with Crippen LogP contribution >= 0.6 is 24.0 Å². The van der Waals surface area contributed by atoms with E-state index in [0.29, 0.717) is 5.69 Å². The van der Waals surface area contributed by atoms with E-state index in [1.54, 1.807) is 14.1 Å². The summed E-state index contributed by atoms with van der Waals surface area (Å²) in [6, 6.07) is 4.95. The molecule has 0 saturated carbocycles. The van der Waals surface area contributed by atoms with Crippen LogP contribution in [0.3, 0.4) is 0 Å². The van der Waals surface area contributed by atoms with Gasteiger partial charge in [-0.2, -0.15) is 0 Å². The lowest BCUT2D eigenvalue weighted by atomic mass is 10.3. The van der Waals surface area contributed by atoms with Crippen molar-refractivity contribution in [3.8, 4) is 5.75 Å². The molecule has 0 spiro atoms. The fourth-order valence-electron chi connectivity index (χ4n) is 1.22. The van der Waals surface area contributed by atoms with E-state index in [1.165, 1.54) is 17.0 Å². The van der Waals surface area contributed by atoms with Crippen molar-refractivity contribution in [2.75, 3.05) is 26.0 Å². The summed E-state index contributed by atoms with van der Waals surface area (Å²) in [6.07, 6.45) is -4.73. The SMILES string of the molecule is CN(C)C(=O)CN=C(N)Nc1ccc(OC(F)(F)F)cc1.I. The number of rotatable bonds is 4. The molecule has 124 valence electrons. The minimum atomic E-state index is -4.73. The van der Waals surface area contributed by atoms with Crippen molar-refractivity contribution in [2.24, 2.45) is 10.7 Å². The Labute approximate surface area is 142 Å². The molecule has 3 N–H and O–H groups in total. The van der Waals surface area contributed by atoms with Gasteiger partial charge in [0.05, 0.1) is 0 Å². The number of anilines is 1. The van der Waals surface area contributed by atoms with E-state index in [1.807, 2.05) is 0 Å². The standard InChI is InChI=1S/C12H15F3N4O2.HI/c1-19(2)10(20)7-17-11(16)18-8-3-5-9(6-4-8)21-12(13,14)15;/h3-6H,7H2,1-2H3,(H3,16,17,18);1H. The van der Waals surface area contributed by atoms with Gasteiger partial charge in [0.15, 0.2) is 5.96 Å². The first kappa shape index (κ1) is 20.3. The Bertz CT molecular complexity index is 518. The number of carbonyl (C=O) groups is 1. The van der Waals surface area contributed by atoms with Crippen molar-refractivity contribution in [3.05, 3.63) is 24.3 Å². The lowest BCUT2D eigenvalue weighted by molar-refractivity contribution is -0.274. The average molecular weight is 432 g/mol. The molecule has 0 radical (unpaired) electrons. The molecule has 0 aliphatic carbocycles. The highest BCUT2D eigenvalue weighted by Crippen LogP contribution is 2.23. The predicted molar refractivity (Wildman–Crippen MR) is 87.3 cm³/mol. The van der Waals surface area contributed by atoms with E-state index >= 15 is 0 Å². The van der Waals surface area contributed by atoms with E-state index in [-0.39, 0.29) is 48.1 Å². The van der Waals surface area contributed by atoms with Gasteiger partial charge in [-0.15, -0.1) is 37.1 Å². The van der Waals surface area contributed by atoms with Crippen LogP contribution in [0.4, 0.5) is 18.9 Å². The first-order valence-electron chi connectivity index (χ1n) is 5.80. The number of nitrogens with two attached hydrogens (primary N) is 1. The molecule has 0 heterocycles. The van der Waals surface area contributed by atoms with Gasteiger partial charge in [-0.05, 0) is 24.3 Å². The number of nitrogens with one attached hydrogen (secondary N) is 1. The molecular formula is C12H16F3IN4O2. The van der Waals surface area contributed by atoms with Crippen LogP contribution in [0.1, 0.15) is 0 Å². The van der Waals surface area contributed by atoms with Crippen molar-refractivity contribution in [1.82, 2.24) is 4.90 Å². The van der Waals surface area contributed by atoms with Crippen LogP contribution in [0.2, 0.25) is 0 Å². The van der Waals surface area contributed by atoms with Crippen LogP contribution in [-0.4, -0.2) is 43.8 Å². The topological polar surface area (TPSA) is 80.0 Å². The van der Waals surface area contributed by atoms with Crippen molar-refractivity contribution < 1.29 is 22.7 Å². The van der Waals surface area contributed by atoms with Crippen LogP contribution in [0.15, 0.2) is 29.3 Å². The molecule has 0 aliphatic rings. The predicted octanol–water partition coefficient (Wildman–Crippen LogP) is 2.02. The van der Waals surface area contributed by atoms with Gasteiger partial charge in [0.2, 0.25) is 5.91 Å². The zero-order valence-corrected chi connectivity index (χ0v) is 14.2. The van der Waals surface area contributed by atoms with Gasteiger partial charge >= 0.3 is 6.36 Å². The number of guanidine groups is 1. The van der Waals surface area contributed by atoms with Crippen molar-refractivity contribution in [2.45, 2.75) is 6.36 Å². The molecule has 1 rings (SSSR count). The van der Waals surface area contributed by atoms with Crippen LogP contribution in [-0.2, 0) is 4.79 Å². The summed E-state index contributed by atoms with van der Waals surface area (Å²) < 4.78 is 39.7. The maximum atomic E-state index is 12.0. The first-order chi connectivity index (χ1) is 9.67. The summed E-state index contributed by atoms with van der Waals surface area (Å²) in [6.45, 7) is -0.124. The van der Waals surface area contributed by atoms with Crippen LogP contribution in [0, 0.1) is 0 Å². The normalized spacial score (nSPS) is 11.4. The third-order valence-corrected chi connectivity index (χ3v) is 2.24. The van der Waals surface area contributed by atoms with Gasteiger partial charge in [-0.25, -0.2) is 4.99 Å². The average Bonchev–Trinajstić information content (AvgIpc) is 2.36. The number of nitrogens with zero attached hydrogens (tertiary/aromatic N) is 2. The van der Waals surface area contributed by atoms with Gasteiger partial charge in [0.1, 0.15) is 12.3 Å². The number of ether oxygens (including phenoxy) is 1. The number of hydrogen-bond donors (Lipinski definition) is 2. The first-order valence-corrected chi connectivity index (χ1v) is 5.80. The van der Waals surface area contributed by atoms with Crippen LogP contribution in [0.25, 0.3) is 0 Å². The lowest BCUT2D eigenvalue weighted by Gasteiger charge is -2.11. The number of alkyl halides is 3. The molecule has 10 heteroatoms. The summed E-state index contributed by atoms with van der Waals surface area (Å²) >= 11 is 0. The largest absolute Gasteiger partial charge is 0.573 e. The minimum Gasteiger partial charge on any atom is -0.406 e. The van der Waals surface area contributed by atoms with E-state index < -0.39 is 6.36 Å². The molecule has 0 saturated heterocycles. The molecule has 1 aromatic rings. The number of halogens is 4. The second-order valence-electron chi connectivity index (χ2n) is 4.19. The zero-order chi connectivity index (χ0) is 16.0. The van der Waals surface area contributed by atoms with E-state index in [9.17, 15) is 18.0 Å². The molecule has 0 aliphatic heterocycles. The molecule has 0 bridgehead atoms. The number of likely N-dealkylation sites (N-methyl/N-ethyl adjacent to an activating group) is 1. The molecule has 6 nitrogen and oxygen atoms in total. The maximum absolute atomic E-state index is 12.0. The monoisotopic (exact) mass is 432 g/mol. The van der Waals surface area contributed by atoms with Gasteiger partial charge in [-0.1, -0.05) is 0 Å². The summed E-state index contributed by atoms with van der Waals surface area (Å²) in [7, 11) is 3.17. The highest BCUT2D eigenvalue weighted by atomic mass is 127. The molecule has 0 unspecified atom stereocenters. The number of amides is 1. The summed E-state index contributed by atoms with van der Waals surface area (Å²) in [5, 5.41) is 2.65. The molecule has 1 aromatic carbocycles. The molecular weight excluding hydrogens is 416 g/mol. The van der Waals surface area contributed by atoms with Crippen LogP contribution in [0.5, 0.6) is 5.75 Å². The fraction of sp³-hybridized carbons (Fsp3) is 0.333. The Hall–Kier alpha value is -1.72. The van der Waals surface area contributed by atoms with E-state index in [0.717, 1.165) is 12.1 Å².